The maximum Gasteiger partial charge on any atom is 0.231 e. The highest BCUT2D eigenvalue weighted by Crippen LogP contribution is 2.30. The smallest absolute Gasteiger partial charge is 0.231 e. The quantitative estimate of drug-likeness (QED) is 0.854. The first-order valence-electron chi connectivity index (χ1n) is 7.37. The highest BCUT2D eigenvalue weighted by atomic mass is 35.5. The highest BCUT2D eigenvalue weighted by Gasteiger charge is 2.26. The first kappa shape index (κ1) is 17.7. The average molecular weight is 345 g/mol. The Balaban J connectivity index is 2.69. The van der Waals surface area contributed by atoms with Crippen LogP contribution in [-0.4, -0.2) is 21.6 Å². The number of carbonyl (C=O) groups is 2. The van der Waals surface area contributed by atoms with E-state index in [1.54, 1.807) is 6.07 Å². The molecule has 0 unspecified atom stereocenters. The van der Waals surface area contributed by atoms with Crippen molar-refractivity contribution in [3.05, 3.63) is 40.5 Å². The zero-order valence-electron chi connectivity index (χ0n) is 13.9. The zero-order chi connectivity index (χ0) is 18.0. The van der Waals surface area contributed by atoms with E-state index >= 15 is 0 Å². The highest BCUT2D eigenvalue weighted by molar-refractivity contribution is 6.32. The molecule has 2 rings (SSSR count). The van der Waals surface area contributed by atoms with Crippen molar-refractivity contribution in [1.82, 2.24) is 9.78 Å². The Morgan fingerprint density at radius 2 is 1.92 bits per heavy atom. The molecule has 1 heterocycles. The monoisotopic (exact) mass is 344 g/mol. The van der Waals surface area contributed by atoms with Gasteiger partial charge in [0.15, 0.2) is 5.82 Å². The number of carbonyl (C=O) groups excluding carboxylic acids is 2. The second kappa shape index (κ2) is 6.85. The molecule has 124 valence electrons. The molecule has 0 atom stereocenters. The van der Waals surface area contributed by atoms with Crippen LogP contribution in [0.2, 0.25) is 5.02 Å². The second-order valence-corrected chi connectivity index (χ2v) is 6.05. The van der Waals surface area contributed by atoms with E-state index in [-0.39, 0.29) is 11.4 Å². The van der Waals surface area contributed by atoms with Crippen molar-refractivity contribution in [3.63, 3.8) is 0 Å². The van der Waals surface area contributed by atoms with Crippen LogP contribution in [0.15, 0.2) is 24.4 Å². The lowest BCUT2D eigenvalue weighted by Crippen LogP contribution is -2.35. The molecular weight excluding hydrogens is 328 g/mol. The number of benzene rings is 1. The van der Waals surface area contributed by atoms with Crippen molar-refractivity contribution in [1.29, 1.82) is 5.26 Å². The Bertz CT molecular complexity index is 835. The van der Waals surface area contributed by atoms with Gasteiger partial charge in [0.05, 0.1) is 16.9 Å². The Morgan fingerprint density at radius 1 is 1.29 bits per heavy atom. The molecule has 1 aromatic carbocycles. The molecule has 7 heteroatoms. The van der Waals surface area contributed by atoms with E-state index in [2.05, 4.69) is 5.10 Å². The summed E-state index contributed by atoms with van der Waals surface area (Å²) in [6.07, 6.45) is 1.31. The molecular formula is C17H17ClN4O2. The summed E-state index contributed by atoms with van der Waals surface area (Å²) in [5.41, 5.74) is 1.66. The number of nitrogens with zero attached hydrogens (tertiary/aromatic N) is 4. The van der Waals surface area contributed by atoms with Gasteiger partial charge >= 0.3 is 0 Å². The number of halogens is 1. The number of hydrogen-bond acceptors (Lipinski definition) is 4. The van der Waals surface area contributed by atoms with Crippen LogP contribution in [0, 0.1) is 11.3 Å². The van der Waals surface area contributed by atoms with Crippen LogP contribution in [-0.2, 0) is 9.59 Å². The summed E-state index contributed by atoms with van der Waals surface area (Å²) < 4.78 is 1.34. The molecule has 0 saturated heterocycles. The molecule has 0 aliphatic carbocycles. The summed E-state index contributed by atoms with van der Waals surface area (Å²) in [4.78, 5) is 24.7. The van der Waals surface area contributed by atoms with Gasteiger partial charge in [-0.05, 0) is 23.6 Å². The Morgan fingerprint density at radius 3 is 2.38 bits per heavy atom. The van der Waals surface area contributed by atoms with Gasteiger partial charge in [-0.25, -0.2) is 9.58 Å². The summed E-state index contributed by atoms with van der Waals surface area (Å²) in [7, 11) is 0. The molecule has 0 bridgehead atoms. The minimum Gasteiger partial charge on any atom is -0.274 e. The van der Waals surface area contributed by atoms with E-state index < -0.39 is 11.8 Å². The van der Waals surface area contributed by atoms with Crippen LogP contribution >= 0.6 is 11.6 Å². The molecule has 0 N–H and O–H groups in total. The zero-order valence-corrected chi connectivity index (χ0v) is 14.6. The molecule has 0 saturated carbocycles. The summed E-state index contributed by atoms with van der Waals surface area (Å²) >= 11 is 6.36. The third kappa shape index (κ3) is 3.17. The summed E-state index contributed by atoms with van der Waals surface area (Å²) in [5.74, 6) is -0.614. The van der Waals surface area contributed by atoms with Gasteiger partial charge in [0.1, 0.15) is 11.6 Å². The summed E-state index contributed by atoms with van der Waals surface area (Å²) in [5, 5.41) is 13.9. The van der Waals surface area contributed by atoms with Crippen molar-refractivity contribution in [2.24, 2.45) is 0 Å². The Labute approximate surface area is 145 Å². The number of aromatic nitrogens is 2. The molecule has 0 spiro atoms. The largest absolute Gasteiger partial charge is 0.274 e. The average Bonchev–Trinajstić information content (AvgIpc) is 2.89. The van der Waals surface area contributed by atoms with Crippen LogP contribution < -0.4 is 4.90 Å². The van der Waals surface area contributed by atoms with Crippen molar-refractivity contribution >= 4 is 29.2 Å². The van der Waals surface area contributed by atoms with E-state index in [4.69, 9.17) is 11.6 Å². The molecule has 0 fully saturated rings. The van der Waals surface area contributed by atoms with E-state index in [1.807, 2.05) is 32.0 Å². The Hall–Kier alpha value is -2.65. The molecule has 24 heavy (non-hydrogen) atoms. The van der Waals surface area contributed by atoms with Gasteiger partial charge in [0.25, 0.3) is 0 Å². The number of nitriles is 1. The number of hydrogen-bond donors (Lipinski definition) is 0. The molecule has 2 aromatic rings. The van der Waals surface area contributed by atoms with Crippen molar-refractivity contribution in [3.8, 4) is 11.8 Å². The van der Waals surface area contributed by atoms with Crippen LogP contribution in [0.4, 0.5) is 5.82 Å². The van der Waals surface area contributed by atoms with E-state index in [0.717, 1.165) is 10.5 Å². The van der Waals surface area contributed by atoms with Crippen molar-refractivity contribution in [2.45, 2.75) is 33.6 Å². The van der Waals surface area contributed by atoms with Gasteiger partial charge in [-0.15, -0.1) is 0 Å². The fourth-order valence-corrected chi connectivity index (χ4v) is 2.66. The number of rotatable bonds is 3. The SMILES string of the molecule is CC(=O)N(C(C)=O)c1c(C#N)cnn1-c1ccc(C(C)C)cc1Cl. The van der Waals surface area contributed by atoms with Gasteiger partial charge in [-0.3, -0.25) is 9.59 Å². The van der Waals surface area contributed by atoms with Crippen LogP contribution in [0.5, 0.6) is 0 Å². The number of imide groups is 1. The van der Waals surface area contributed by atoms with E-state index in [9.17, 15) is 14.9 Å². The molecule has 0 aliphatic heterocycles. The van der Waals surface area contributed by atoms with Gasteiger partial charge in [-0.2, -0.15) is 10.4 Å². The van der Waals surface area contributed by atoms with Crippen molar-refractivity contribution in [2.75, 3.05) is 4.90 Å². The number of amides is 2. The second-order valence-electron chi connectivity index (χ2n) is 5.64. The van der Waals surface area contributed by atoms with Gasteiger partial charge < -0.3 is 0 Å². The number of anilines is 1. The molecule has 1 aromatic heterocycles. The van der Waals surface area contributed by atoms with Crippen LogP contribution in [0.25, 0.3) is 5.69 Å². The third-order valence-corrected chi connectivity index (χ3v) is 3.88. The van der Waals surface area contributed by atoms with Gasteiger partial charge in [0.2, 0.25) is 11.8 Å². The maximum atomic E-state index is 11.9. The van der Waals surface area contributed by atoms with Gasteiger partial charge in [-0.1, -0.05) is 31.5 Å². The fraction of sp³-hybridized carbons (Fsp3) is 0.294. The van der Waals surface area contributed by atoms with Crippen LogP contribution in [0.3, 0.4) is 0 Å². The first-order chi connectivity index (χ1) is 11.3. The molecule has 6 nitrogen and oxygen atoms in total. The van der Waals surface area contributed by atoms with Crippen molar-refractivity contribution < 1.29 is 9.59 Å². The Kier molecular flexibility index (Phi) is 5.05. The summed E-state index contributed by atoms with van der Waals surface area (Å²) in [6, 6.07) is 7.42. The molecule has 2 amide bonds. The predicted octanol–water partition coefficient (Wildman–Crippen LogP) is 3.42. The lowest BCUT2D eigenvalue weighted by atomic mass is 10.0. The minimum atomic E-state index is -0.504. The summed E-state index contributed by atoms with van der Waals surface area (Å²) in [6.45, 7) is 6.60. The first-order valence-corrected chi connectivity index (χ1v) is 7.75. The van der Waals surface area contributed by atoms with E-state index in [1.165, 1.54) is 24.7 Å². The normalized spacial score (nSPS) is 10.5. The topological polar surface area (TPSA) is 79.0 Å². The minimum absolute atomic E-state index is 0.0942. The molecule has 0 radical (unpaired) electrons. The third-order valence-electron chi connectivity index (χ3n) is 3.57. The lowest BCUT2D eigenvalue weighted by Gasteiger charge is -2.20. The van der Waals surface area contributed by atoms with Crippen LogP contribution in [0.1, 0.15) is 44.7 Å². The van der Waals surface area contributed by atoms with E-state index in [0.29, 0.717) is 16.6 Å². The fourth-order valence-electron chi connectivity index (χ4n) is 2.39. The lowest BCUT2D eigenvalue weighted by molar-refractivity contribution is -0.124. The maximum absolute atomic E-state index is 11.9. The molecule has 0 aliphatic rings. The van der Waals surface area contributed by atoms with Gasteiger partial charge in [0, 0.05) is 13.8 Å². The predicted molar refractivity (Wildman–Crippen MR) is 91.2 cm³/mol. The standard InChI is InChI=1S/C17H17ClN4O2/c1-10(2)13-5-6-16(15(18)7-13)22-17(14(8-19)9-20-22)21(11(3)23)12(4)24/h5-7,9-10H,1-4H3.